The van der Waals surface area contributed by atoms with E-state index in [1.54, 1.807) is 4.57 Å². The maximum absolute atomic E-state index is 8.63. The van der Waals surface area contributed by atoms with Crippen molar-refractivity contribution in [2.24, 2.45) is 0 Å². The van der Waals surface area contributed by atoms with E-state index in [-0.39, 0.29) is 57.0 Å². The Labute approximate surface area is 170 Å². The predicted molar refractivity (Wildman–Crippen MR) is 114 cm³/mol. The Bertz CT molecular complexity index is 1520. The molecule has 5 rings (SSSR count). The summed E-state index contributed by atoms with van der Waals surface area (Å²) in [6.07, 6.45) is 0. The number of rotatable bonds is 2. The summed E-state index contributed by atoms with van der Waals surface area (Å²) in [4.78, 5) is 0. The standard InChI is InChI=1S/C24H16BrN/c25-22-14-7-13-21-20-12-4-5-15-23(20)26(24(21)22)19-11-6-10-18(16-19)17-8-2-1-3-9-17/h1-16H/i4D,5D,7D,12D,13D,14D,15D. The summed E-state index contributed by atoms with van der Waals surface area (Å²) in [5, 5.41) is 0.385. The maximum Gasteiger partial charge on any atom is 0.0683 e. The minimum atomic E-state index is -0.401. The molecule has 0 saturated carbocycles. The Kier molecular flexibility index (Phi) is 2.31. The molecule has 1 nitrogen and oxygen atoms in total. The summed E-state index contributed by atoms with van der Waals surface area (Å²) in [5.74, 6) is 0. The molecule has 124 valence electrons. The van der Waals surface area contributed by atoms with Crippen LogP contribution in [0.25, 0.3) is 38.6 Å². The predicted octanol–water partition coefficient (Wildman–Crippen LogP) is 7.21. The number of nitrogens with zero attached hydrogens (tertiary/aromatic N) is 1. The van der Waals surface area contributed by atoms with Crippen LogP contribution in [0.3, 0.4) is 0 Å². The fourth-order valence-electron chi connectivity index (χ4n) is 3.25. The smallest absolute Gasteiger partial charge is 0.0683 e. The average Bonchev–Trinajstić information content (AvgIpc) is 3.20. The van der Waals surface area contributed by atoms with E-state index in [0.29, 0.717) is 11.2 Å². The Balaban J connectivity index is 2.02. The van der Waals surface area contributed by atoms with Crippen LogP contribution in [0.4, 0.5) is 0 Å². The van der Waals surface area contributed by atoms with Crippen molar-refractivity contribution in [1.82, 2.24) is 4.57 Å². The van der Waals surface area contributed by atoms with Crippen LogP contribution in [0.15, 0.2) is 101 Å². The third-order valence-corrected chi connectivity index (χ3v) is 4.95. The highest BCUT2D eigenvalue weighted by molar-refractivity contribution is 9.10. The molecule has 1 heterocycles. The molecule has 0 amide bonds. The zero-order valence-electron chi connectivity index (χ0n) is 20.5. The summed E-state index contributed by atoms with van der Waals surface area (Å²) in [6, 6.07) is 15.3. The van der Waals surface area contributed by atoms with E-state index in [9.17, 15) is 0 Å². The highest BCUT2D eigenvalue weighted by Gasteiger charge is 2.14. The van der Waals surface area contributed by atoms with Crippen LogP contribution in [0, 0.1) is 0 Å². The van der Waals surface area contributed by atoms with Gasteiger partial charge in [-0.1, -0.05) is 72.7 Å². The molecule has 0 saturated heterocycles. The molecule has 0 unspecified atom stereocenters. The Morgan fingerprint density at radius 2 is 1.50 bits per heavy atom. The number of para-hydroxylation sites is 2. The van der Waals surface area contributed by atoms with Gasteiger partial charge in [0.2, 0.25) is 0 Å². The first-order chi connectivity index (χ1) is 15.7. The minimum Gasteiger partial charge on any atom is -0.308 e. The highest BCUT2D eigenvalue weighted by Crippen LogP contribution is 2.36. The van der Waals surface area contributed by atoms with Gasteiger partial charge in [-0.2, -0.15) is 0 Å². The van der Waals surface area contributed by atoms with Gasteiger partial charge in [0.05, 0.1) is 20.6 Å². The Hall–Kier alpha value is -2.84. The number of hydrogen-bond donors (Lipinski definition) is 0. The molecule has 2 heteroatoms. The Morgan fingerprint density at radius 1 is 0.731 bits per heavy atom. The lowest BCUT2D eigenvalue weighted by Gasteiger charge is -2.11. The second kappa shape index (κ2) is 6.15. The summed E-state index contributed by atoms with van der Waals surface area (Å²) in [6.45, 7) is 0. The first-order valence-electron chi connectivity index (χ1n) is 11.6. The molecule has 0 aliphatic heterocycles. The van der Waals surface area contributed by atoms with Crippen molar-refractivity contribution in [3.05, 3.63) is 101 Å². The molecular formula is C24H16BrN. The number of fused-ring (bicyclic) bond motifs is 3. The largest absolute Gasteiger partial charge is 0.308 e. The number of hydrogen-bond acceptors (Lipinski definition) is 0. The van der Waals surface area contributed by atoms with Crippen molar-refractivity contribution in [3.8, 4) is 16.8 Å². The van der Waals surface area contributed by atoms with Gasteiger partial charge in [0.1, 0.15) is 0 Å². The minimum absolute atomic E-state index is 0.167. The molecular weight excluding hydrogens is 382 g/mol. The van der Waals surface area contributed by atoms with Crippen molar-refractivity contribution in [1.29, 1.82) is 0 Å². The van der Waals surface area contributed by atoms with E-state index < -0.39 is 6.04 Å². The fraction of sp³-hybridized carbons (Fsp3) is 0. The van der Waals surface area contributed by atoms with Gasteiger partial charge >= 0.3 is 0 Å². The van der Waals surface area contributed by atoms with Crippen molar-refractivity contribution in [3.63, 3.8) is 0 Å². The molecule has 0 fully saturated rings. The van der Waals surface area contributed by atoms with Crippen molar-refractivity contribution in [2.75, 3.05) is 0 Å². The normalized spacial score (nSPS) is 15.0. The zero-order valence-corrected chi connectivity index (χ0v) is 15.1. The van der Waals surface area contributed by atoms with Crippen LogP contribution in [0.2, 0.25) is 0 Å². The SMILES string of the molecule is [2H]c1c([2H])c([2H])c2c(c1[2H])c1c([2H])c([2H])c([2H])c(Br)c1n2-c1cccc(-c2ccccc2)c1. The lowest BCUT2D eigenvalue weighted by Crippen LogP contribution is -1.94. The van der Waals surface area contributed by atoms with E-state index in [1.807, 2.05) is 54.6 Å². The topological polar surface area (TPSA) is 4.93 Å². The molecule has 5 aromatic rings. The van der Waals surface area contributed by atoms with Gasteiger partial charge in [0, 0.05) is 20.9 Å². The first kappa shape index (κ1) is 9.75. The zero-order chi connectivity index (χ0) is 23.6. The third-order valence-electron chi connectivity index (χ3n) is 4.38. The van der Waals surface area contributed by atoms with Crippen LogP contribution >= 0.6 is 15.9 Å². The number of benzene rings is 4. The van der Waals surface area contributed by atoms with E-state index in [0.717, 1.165) is 11.1 Å². The molecule has 0 atom stereocenters. The fourth-order valence-corrected chi connectivity index (χ4v) is 3.72. The van der Waals surface area contributed by atoms with Crippen LogP contribution in [-0.4, -0.2) is 4.57 Å². The van der Waals surface area contributed by atoms with Gasteiger partial charge < -0.3 is 4.57 Å². The molecule has 4 aromatic carbocycles. The van der Waals surface area contributed by atoms with Gasteiger partial charge in [-0.25, -0.2) is 0 Å². The summed E-state index contributed by atoms with van der Waals surface area (Å²) < 4.78 is 60.6. The molecule has 0 N–H and O–H groups in total. The van der Waals surface area contributed by atoms with Crippen LogP contribution in [-0.2, 0) is 0 Å². The number of aromatic nitrogens is 1. The van der Waals surface area contributed by atoms with Gasteiger partial charge in [-0.15, -0.1) is 0 Å². The van der Waals surface area contributed by atoms with E-state index >= 15 is 0 Å². The van der Waals surface area contributed by atoms with E-state index in [1.165, 1.54) is 0 Å². The molecule has 0 spiro atoms. The van der Waals surface area contributed by atoms with E-state index in [2.05, 4.69) is 15.9 Å². The quantitative estimate of drug-likeness (QED) is 0.292. The lowest BCUT2D eigenvalue weighted by molar-refractivity contribution is 1.18. The summed E-state index contributed by atoms with van der Waals surface area (Å²) in [5.41, 5.74) is 3.10. The highest BCUT2D eigenvalue weighted by atomic mass is 79.9. The summed E-state index contributed by atoms with van der Waals surface area (Å²) in [7, 11) is 0. The molecule has 0 bridgehead atoms. The lowest BCUT2D eigenvalue weighted by atomic mass is 10.1. The molecule has 0 aliphatic rings. The van der Waals surface area contributed by atoms with Crippen molar-refractivity contribution in [2.45, 2.75) is 0 Å². The van der Waals surface area contributed by atoms with Crippen LogP contribution < -0.4 is 0 Å². The monoisotopic (exact) mass is 404 g/mol. The summed E-state index contributed by atoms with van der Waals surface area (Å²) >= 11 is 3.41. The first-order valence-corrected chi connectivity index (χ1v) is 8.88. The van der Waals surface area contributed by atoms with Gasteiger partial charge in [-0.05, 0) is 51.3 Å². The van der Waals surface area contributed by atoms with Crippen molar-refractivity contribution >= 4 is 37.7 Å². The second-order valence-electron chi connectivity index (χ2n) is 5.89. The van der Waals surface area contributed by atoms with Gasteiger partial charge in [0.25, 0.3) is 0 Å². The molecule has 26 heavy (non-hydrogen) atoms. The maximum atomic E-state index is 8.63. The second-order valence-corrected chi connectivity index (χ2v) is 6.68. The molecule has 1 aromatic heterocycles. The Morgan fingerprint density at radius 3 is 2.38 bits per heavy atom. The van der Waals surface area contributed by atoms with Crippen LogP contribution in [0.1, 0.15) is 9.60 Å². The number of halogens is 1. The van der Waals surface area contributed by atoms with Gasteiger partial charge in [-0.3, -0.25) is 0 Å². The van der Waals surface area contributed by atoms with Crippen molar-refractivity contribution < 1.29 is 9.60 Å². The molecule has 0 aliphatic carbocycles. The molecule has 0 radical (unpaired) electrons. The van der Waals surface area contributed by atoms with E-state index in [4.69, 9.17) is 9.60 Å². The van der Waals surface area contributed by atoms with Gasteiger partial charge in [0.15, 0.2) is 0 Å². The average molecular weight is 405 g/mol. The van der Waals surface area contributed by atoms with Crippen LogP contribution in [0.5, 0.6) is 0 Å². The third kappa shape index (κ3) is 2.38.